The zero-order chi connectivity index (χ0) is 13.2. The van der Waals surface area contributed by atoms with Gasteiger partial charge in [0, 0.05) is 42.5 Å². The lowest BCUT2D eigenvalue weighted by atomic mass is 10.2. The van der Waals surface area contributed by atoms with Crippen molar-refractivity contribution < 1.29 is 9.84 Å². The molecule has 1 rings (SSSR count). The Morgan fingerprint density at radius 2 is 2.28 bits per heavy atom. The van der Waals surface area contributed by atoms with Crippen LogP contribution in [-0.4, -0.2) is 37.7 Å². The Labute approximate surface area is 118 Å². The van der Waals surface area contributed by atoms with E-state index in [0.717, 1.165) is 30.3 Å². The van der Waals surface area contributed by atoms with Gasteiger partial charge in [0.15, 0.2) is 0 Å². The van der Waals surface area contributed by atoms with Crippen LogP contribution in [0.25, 0.3) is 0 Å². The standard InChI is InChI=1S/C13H20ClNO2S/c1-17-7-5-15-10-11-3-4-12(14)9-13(11)18-8-2-6-16/h3-4,9,15-16H,2,5-8,10H2,1H3. The molecule has 0 radical (unpaired) electrons. The smallest absolute Gasteiger partial charge is 0.0587 e. The first kappa shape index (κ1) is 15.8. The molecule has 0 saturated heterocycles. The second-order valence-corrected chi connectivity index (χ2v) is 5.42. The van der Waals surface area contributed by atoms with Gasteiger partial charge >= 0.3 is 0 Å². The Bertz CT molecular complexity index is 350. The highest BCUT2D eigenvalue weighted by atomic mass is 35.5. The first-order valence-electron chi connectivity index (χ1n) is 5.99. The van der Waals surface area contributed by atoms with Gasteiger partial charge in [0.1, 0.15) is 0 Å². The van der Waals surface area contributed by atoms with Crippen LogP contribution in [0.4, 0.5) is 0 Å². The number of aliphatic hydroxyl groups is 1. The molecule has 0 saturated carbocycles. The summed E-state index contributed by atoms with van der Waals surface area (Å²) >= 11 is 7.74. The van der Waals surface area contributed by atoms with E-state index in [1.54, 1.807) is 18.9 Å². The summed E-state index contributed by atoms with van der Waals surface area (Å²) in [6.07, 6.45) is 0.799. The topological polar surface area (TPSA) is 41.5 Å². The van der Waals surface area contributed by atoms with Crippen LogP contribution in [0.3, 0.4) is 0 Å². The second kappa shape index (κ2) is 9.64. The molecule has 2 N–H and O–H groups in total. The zero-order valence-electron chi connectivity index (χ0n) is 10.6. The molecule has 0 aliphatic carbocycles. The predicted molar refractivity (Wildman–Crippen MR) is 77.5 cm³/mol. The molecular weight excluding hydrogens is 270 g/mol. The van der Waals surface area contributed by atoms with Crippen molar-refractivity contribution in [2.45, 2.75) is 17.9 Å². The number of methoxy groups -OCH3 is 1. The number of rotatable bonds is 9. The largest absolute Gasteiger partial charge is 0.396 e. The van der Waals surface area contributed by atoms with Crippen molar-refractivity contribution in [3.8, 4) is 0 Å². The number of benzene rings is 1. The zero-order valence-corrected chi connectivity index (χ0v) is 12.2. The summed E-state index contributed by atoms with van der Waals surface area (Å²) in [7, 11) is 1.69. The number of ether oxygens (including phenoxy) is 1. The molecule has 0 heterocycles. The third-order valence-corrected chi connectivity index (χ3v) is 3.81. The van der Waals surface area contributed by atoms with Gasteiger partial charge in [-0.3, -0.25) is 0 Å². The van der Waals surface area contributed by atoms with Crippen LogP contribution in [0.2, 0.25) is 5.02 Å². The number of halogens is 1. The minimum Gasteiger partial charge on any atom is -0.396 e. The third-order valence-electron chi connectivity index (χ3n) is 2.39. The van der Waals surface area contributed by atoms with Crippen LogP contribution in [0.15, 0.2) is 23.1 Å². The molecule has 1 aromatic rings. The van der Waals surface area contributed by atoms with Crippen LogP contribution >= 0.6 is 23.4 Å². The van der Waals surface area contributed by atoms with Gasteiger partial charge in [0.2, 0.25) is 0 Å². The molecule has 0 bridgehead atoms. The van der Waals surface area contributed by atoms with Gasteiger partial charge in [0.05, 0.1) is 6.61 Å². The summed E-state index contributed by atoms with van der Waals surface area (Å²) in [4.78, 5) is 1.18. The lowest BCUT2D eigenvalue weighted by molar-refractivity contribution is 0.199. The molecule has 0 aliphatic rings. The molecule has 0 fully saturated rings. The fraction of sp³-hybridized carbons (Fsp3) is 0.538. The van der Waals surface area contributed by atoms with Crippen molar-refractivity contribution >= 4 is 23.4 Å². The Morgan fingerprint density at radius 3 is 3.00 bits per heavy atom. The minimum absolute atomic E-state index is 0.231. The van der Waals surface area contributed by atoms with Gasteiger partial charge in [0.25, 0.3) is 0 Å². The SMILES string of the molecule is COCCNCc1ccc(Cl)cc1SCCCO. The number of thioether (sulfide) groups is 1. The normalized spacial score (nSPS) is 10.8. The highest BCUT2D eigenvalue weighted by Gasteiger charge is 2.04. The van der Waals surface area contributed by atoms with Crippen molar-refractivity contribution in [3.05, 3.63) is 28.8 Å². The molecule has 5 heteroatoms. The molecule has 0 spiro atoms. The van der Waals surface area contributed by atoms with E-state index < -0.39 is 0 Å². The van der Waals surface area contributed by atoms with Crippen molar-refractivity contribution in [2.75, 3.05) is 32.6 Å². The number of hydrogen-bond donors (Lipinski definition) is 2. The van der Waals surface area contributed by atoms with Crippen molar-refractivity contribution in [2.24, 2.45) is 0 Å². The maximum atomic E-state index is 8.80. The summed E-state index contributed by atoms with van der Waals surface area (Å²) in [5.74, 6) is 0.905. The van der Waals surface area contributed by atoms with Crippen LogP contribution < -0.4 is 5.32 Å². The number of aliphatic hydroxyl groups excluding tert-OH is 1. The van der Waals surface area contributed by atoms with E-state index in [0.29, 0.717) is 6.61 Å². The highest BCUT2D eigenvalue weighted by Crippen LogP contribution is 2.26. The molecule has 18 heavy (non-hydrogen) atoms. The minimum atomic E-state index is 0.231. The Balaban J connectivity index is 2.52. The summed E-state index contributed by atoms with van der Waals surface area (Å²) in [5, 5.41) is 12.9. The predicted octanol–water partition coefficient (Wildman–Crippen LogP) is 2.55. The maximum absolute atomic E-state index is 8.80. The molecule has 102 valence electrons. The first-order valence-corrected chi connectivity index (χ1v) is 7.36. The molecule has 0 atom stereocenters. The average Bonchev–Trinajstić information content (AvgIpc) is 2.37. The van der Waals surface area contributed by atoms with Gasteiger partial charge in [-0.05, 0) is 24.1 Å². The number of hydrogen-bond acceptors (Lipinski definition) is 4. The maximum Gasteiger partial charge on any atom is 0.0587 e. The summed E-state index contributed by atoms with van der Waals surface area (Å²) in [5.41, 5.74) is 1.23. The molecule has 3 nitrogen and oxygen atoms in total. The van der Waals surface area contributed by atoms with E-state index in [1.807, 2.05) is 18.2 Å². The van der Waals surface area contributed by atoms with Gasteiger partial charge in [-0.25, -0.2) is 0 Å². The molecule has 0 amide bonds. The average molecular weight is 290 g/mol. The van der Waals surface area contributed by atoms with Crippen molar-refractivity contribution in [1.82, 2.24) is 5.32 Å². The van der Waals surface area contributed by atoms with E-state index in [2.05, 4.69) is 5.32 Å². The Hall–Kier alpha value is -0.260. The highest BCUT2D eigenvalue weighted by molar-refractivity contribution is 7.99. The second-order valence-electron chi connectivity index (χ2n) is 3.85. The summed E-state index contributed by atoms with van der Waals surface area (Å²) in [6.45, 7) is 2.58. The first-order chi connectivity index (χ1) is 8.77. The molecule has 0 aliphatic heterocycles. The van der Waals surface area contributed by atoms with E-state index in [4.69, 9.17) is 21.4 Å². The van der Waals surface area contributed by atoms with Gasteiger partial charge in [-0.2, -0.15) is 0 Å². The molecular formula is C13H20ClNO2S. The monoisotopic (exact) mass is 289 g/mol. The molecule has 0 unspecified atom stereocenters. The van der Waals surface area contributed by atoms with E-state index in [9.17, 15) is 0 Å². The Kier molecular flexibility index (Phi) is 8.46. The third kappa shape index (κ3) is 6.07. The van der Waals surface area contributed by atoms with Crippen molar-refractivity contribution in [1.29, 1.82) is 0 Å². The fourth-order valence-corrected chi connectivity index (χ4v) is 2.72. The van der Waals surface area contributed by atoms with Gasteiger partial charge in [-0.1, -0.05) is 17.7 Å². The van der Waals surface area contributed by atoms with Crippen LogP contribution in [0.5, 0.6) is 0 Å². The lowest BCUT2D eigenvalue weighted by Gasteiger charge is -2.10. The van der Waals surface area contributed by atoms with Crippen LogP contribution in [0.1, 0.15) is 12.0 Å². The molecule has 1 aromatic carbocycles. The van der Waals surface area contributed by atoms with Crippen molar-refractivity contribution in [3.63, 3.8) is 0 Å². The number of nitrogens with one attached hydrogen (secondary N) is 1. The summed E-state index contributed by atoms with van der Waals surface area (Å²) < 4.78 is 4.99. The fourth-order valence-electron chi connectivity index (χ4n) is 1.45. The van der Waals surface area contributed by atoms with Gasteiger partial charge in [-0.15, -0.1) is 11.8 Å². The van der Waals surface area contributed by atoms with E-state index in [1.165, 1.54) is 10.5 Å². The van der Waals surface area contributed by atoms with Crippen LogP contribution in [-0.2, 0) is 11.3 Å². The Morgan fingerprint density at radius 1 is 1.44 bits per heavy atom. The van der Waals surface area contributed by atoms with E-state index in [-0.39, 0.29) is 6.61 Å². The van der Waals surface area contributed by atoms with Gasteiger partial charge < -0.3 is 15.2 Å². The summed E-state index contributed by atoms with van der Waals surface area (Å²) in [6, 6.07) is 5.94. The van der Waals surface area contributed by atoms with E-state index >= 15 is 0 Å². The lowest BCUT2D eigenvalue weighted by Crippen LogP contribution is -2.18. The quantitative estimate of drug-likeness (QED) is 0.541. The molecule has 0 aromatic heterocycles. The van der Waals surface area contributed by atoms with Crippen LogP contribution in [0, 0.1) is 0 Å².